The van der Waals surface area contributed by atoms with Crippen molar-refractivity contribution in [2.45, 2.75) is 78.2 Å². The maximum atomic E-state index is 6.08. The summed E-state index contributed by atoms with van der Waals surface area (Å²) in [5.41, 5.74) is 6.95. The zero-order valence-corrected chi connectivity index (χ0v) is 14.2. The summed E-state index contributed by atoms with van der Waals surface area (Å²) < 4.78 is 0. The lowest BCUT2D eigenvalue weighted by molar-refractivity contribution is 0.328. The van der Waals surface area contributed by atoms with E-state index >= 15 is 0 Å². The summed E-state index contributed by atoms with van der Waals surface area (Å²) in [6.07, 6.45) is 6.74. The van der Waals surface area contributed by atoms with E-state index in [1.165, 1.54) is 32.1 Å². The van der Waals surface area contributed by atoms with Crippen LogP contribution in [0, 0.1) is 12.8 Å². The minimum absolute atomic E-state index is 0.0909. The number of nitrogens with zero attached hydrogens (tertiary/aromatic N) is 2. The van der Waals surface area contributed by atoms with E-state index in [4.69, 9.17) is 10.7 Å². The third-order valence-electron chi connectivity index (χ3n) is 4.58. The zero-order chi connectivity index (χ0) is 15.6. The average Bonchev–Trinajstić information content (AvgIpc) is 2.43. The van der Waals surface area contributed by atoms with Crippen molar-refractivity contribution < 1.29 is 0 Å². The molecule has 1 heterocycles. The molecule has 1 aromatic heterocycles. The normalized spacial score (nSPS) is 18.5. The van der Waals surface area contributed by atoms with Crippen molar-refractivity contribution in [3.63, 3.8) is 0 Å². The molecule has 0 saturated heterocycles. The Labute approximate surface area is 128 Å². The first-order valence-corrected chi connectivity index (χ1v) is 8.20. The first-order valence-electron chi connectivity index (χ1n) is 8.20. The molecule has 1 aliphatic carbocycles. The Bertz CT molecular complexity index is 484. The van der Waals surface area contributed by atoms with Crippen LogP contribution in [0.4, 0.5) is 11.6 Å². The lowest BCUT2D eigenvalue weighted by atomic mass is 9.84. The van der Waals surface area contributed by atoms with Crippen molar-refractivity contribution in [3.8, 4) is 0 Å². The first kappa shape index (κ1) is 16.1. The molecule has 0 bridgehead atoms. The van der Waals surface area contributed by atoms with Gasteiger partial charge in [0.25, 0.3) is 0 Å². The highest BCUT2D eigenvalue weighted by Crippen LogP contribution is 2.30. The van der Waals surface area contributed by atoms with Crippen LogP contribution < -0.4 is 11.1 Å². The van der Waals surface area contributed by atoms with E-state index in [0.29, 0.717) is 11.9 Å². The Morgan fingerprint density at radius 1 is 1.14 bits per heavy atom. The van der Waals surface area contributed by atoms with Gasteiger partial charge in [0.2, 0.25) is 0 Å². The van der Waals surface area contributed by atoms with Crippen LogP contribution in [0.5, 0.6) is 0 Å². The van der Waals surface area contributed by atoms with Crippen molar-refractivity contribution in [2.75, 3.05) is 11.1 Å². The van der Waals surface area contributed by atoms with Crippen LogP contribution in [0.25, 0.3) is 0 Å². The molecule has 1 aliphatic rings. The summed E-state index contributed by atoms with van der Waals surface area (Å²) in [7, 11) is 0. The summed E-state index contributed by atoms with van der Waals surface area (Å²) in [5, 5.41) is 3.60. The zero-order valence-electron chi connectivity index (χ0n) is 14.2. The fourth-order valence-corrected chi connectivity index (χ4v) is 2.98. The Morgan fingerprint density at radius 2 is 1.76 bits per heavy atom. The maximum absolute atomic E-state index is 6.08. The second-order valence-electron chi connectivity index (χ2n) is 7.49. The van der Waals surface area contributed by atoms with Gasteiger partial charge in [-0.3, -0.25) is 0 Å². The average molecular weight is 290 g/mol. The second-order valence-corrected chi connectivity index (χ2v) is 7.49. The lowest BCUT2D eigenvalue weighted by Gasteiger charge is -2.29. The largest absolute Gasteiger partial charge is 0.383 e. The number of aromatic nitrogens is 2. The van der Waals surface area contributed by atoms with E-state index in [9.17, 15) is 0 Å². The highest BCUT2D eigenvalue weighted by Gasteiger charge is 2.24. The Balaban J connectivity index is 2.20. The Hall–Kier alpha value is -1.32. The molecule has 0 spiro atoms. The van der Waals surface area contributed by atoms with Gasteiger partial charge in [0, 0.05) is 17.0 Å². The van der Waals surface area contributed by atoms with Gasteiger partial charge in [0.05, 0.1) is 0 Å². The van der Waals surface area contributed by atoms with Gasteiger partial charge < -0.3 is 11.1 Å². The van der Waals surface area contributed by atoms with E-state index in [1.807, 2.05) is 6.92 Å². The molecule has 4 heteroatoms. The summed E-state index contributed by atoms with van der Waals surface area (Å²) in [6, 6.07) is 0.436. The minimum atomic E-state index is -0.0909. The van der Waals surface area contributed by atoms with E-state index in [1.54, 1.807) is 0 Å². The fraction of sp³-hybridized carbons (Fsp3) is 0.765. The molecule has 0 aliphatic heterocycles. The maximum Gasteiger partial charge on any atom is 0.138 e. The Kier molecular flexibility index (Phi) is 4.74. The molecule has 2 rings (SSSR count). The molecule has 1 unspecified atom stereocenters. The monoisotopic (exact) mass is 290 g/mol. The third kappa shape index (κ3) is 3.86. The quantitative estimate of drug-likeness (QED) is 0.881. The van der Waals surface area contributed by atoms with Crippen LogP contribution in [0.1, 0.15) is 71.2 Å². The molecule has 118 valence electrons. The minimum Gasteiger partial charge on any atom is -0.383 e. The van der Waals surface area contributed by atoms with Gasteiger partial charge in [0.15, 0.2) is 0 Å². The van der Waals surface area contributed by atoms with Gasteiger partial charge in [-0.2, -0.15) is 0 Å². The fourth-order valence-electron chi connectivity index (χ4n) is 2.98. The highest BCUT2D eigenvalue weighted by atomic mass is 15.1. The van der Waals surface area contributed by atoms with Gasteiger partial charge in [0.1, 0.15) is 17.5 Å². The summed E-state index contributed by atoms with van der Waals surface area (Å²) in [4.78, 5) is 9.19. The predicted molar refractivity (Wildman–Crippen MR) is 89.5 cm³/mol. The topological polar surface area (TPSA) is 63.8 Å². The molecule has 0 aromatic carbocycles. The predicted octanol–water partition coefficient (Wildman–Crippen LogP) is 4.05. The molecule has 4 nitrogen and oxygen atoms in total. The van der Waals surface area contributed by atoms with Gasteiger partial charge in [-0.05, 0) is 32.6 Å². The van der Waals surface area contributed by atoms with Crippen LogP contribution >= 0.6 is 0 Å². The molecule has 0 radical (unpaired) electrons. The van der Waals surface area contributed by atoms with Gasteiger partial charge in [-0.25, -0.2) is 9.97 Å². The standard InChI is InChI=1S/C17H30N4/c1-11-14(18)20-16(17(3,4)5)21-15(11)19-12(2)13-9-7-6-8-10-13/h12-13H,6-10H2,1-5H3,(H3,18,19,20,21). The van der Waals surface area contributed by atoms with E-state index in [-0.39, 0.29) is 5.41 Å². The van der Waals surface area contributed by atoms with E-state index in [2.05, 4.69) is 38.0 Å². The molecular formula is C17H30N4. The van der Waals surface area contributed by atoms with Crippen molar-refractivity contribution in [1.29, 1.82) is 0 Å². The number of hydrogen-bond donors (Lipinski definition) is 2. The molecule has 21 heavy (non-hydrogen) atoms. The number of nitrogen functional groups attached to an aromatic ring is 1. The number of rotatable bonds is 3. The lowest BCUT2D eigenvalue weighted by Crippen LogP contribution is -2.29. The van der Waals surface area contributed by atoms with Crippen LogP contribution in [-0.4, -0.2) is 16.0 Å². The SMILES string of the molecule is Cc1c(N)nc(C(C)(C)C)nc1NC(C)C1CCCCC1. The third-order valence-corrected chi connectivity index (χ3v) is 4.58. The number of nitrogens with one attached hydrogen (secondary N) is 1. The van der Waals surface area contributed by atoms with Crippen LogP contribution in [0.2, 0.25) is 0 Å². The molecule has 1 fully saturated rings. The molecule has 0 amide bonds. The van der Waals surface area contributed by atoms with Crippen molar-refractivity contribution in [3.05, 3.63) is 11.4 Å². The van der Waals surface area contributed by atoms with Crippen molar-refractivity contribution in [1.82, 2.24) is 9.97 Å². The van der Waals surface area contributed by atoms with E-state index < -0.39 is 0 Å². The summed E-state index contributed by atoms with van der Waals surface area (Å²) in [5.74, 6) is 3.05. The van der Waals surface area contributed by atoms with Crippen molar-refractivity contribution in [2.24, 2.45) is 5.92 Å². The first-order chi connectivity index (χ1) is 9.79. The van der Waals surface area contributed by atoms with Crippen LogP contribution in [0.15, 0.2) is 0 Å². The van der Waals surface area contributed by atoms with Gasteiger partial charge in [-0.1, -0.05) is 40.0 Å². The molecule has 3 N–H and O–H groups in total. The molecule has 1 aromatic rings. The van der Waals surface area contributed by atoms with Gasteiger partial charge >= 0.3 is 0 Å². The summed E-state index contributed by atoms with van der Waals surface area (Å²) >= 11 is 0. The molecular weight excluding hydrogens is 260 g/mol. The number of nitrogens with two attached hydrogens (primary N) is 1. The van der Waals surface area contributed by atoms with Crippen LogP contribution in [-0.2, 0) is 5.41 Å². The smallest absolute Gasteiger partial charge is 0.138 e. The van der Waals surface area contributed by atoms with Crippen molar-refractivity contribution >= 4 is 11.6 Å². The highest BCUT2D eigenvalue weighted by molar-refractivity contribution is 5.55. The Morgan fingerprint density at radius 3 is 2.33 bits per heavy atom. The van der Waals surface area contributed by atoms with E-state index in [0.717, 1.165) is 23.1 Å². The molecule has 1 atom stereocenters. The number of anilines is 2. The second kappa shape index (κ2) is 6.20. The number of hydrogen-bond acceptors (Lipinski definition) is 4. The van der Waals surface area contributed by atoms with Gasteiger partial charge in [-0.15, -0.1) is 0 Å². The van der Waals surface area contributed by atoms with Crippen LogP contribution in [0.3, 0.4) is 0 Å². The molecule has 1 saturated carbocycles. The summed E-state index contributed by atoms with van der Waals surface area (Å²) in [6.45, 7) is 10.6.